The molecule has 2 aromatic rings. The molecule has 0 spiro atoms. The molecule has 1 aliphatic rings. The minimum Gasteiger partial charge on any atom is -0.481 e. The Morgan fingerprint density at radius 3 is 2.56 bits per heavy atom. The number of nitrogens with zero attached hydrogens (tertiary/aromatic N) is 1. The van der Waals surface area contributed by atoms with Gasteiger partial charge >= 0.3 is 12.1 Å². The van der Waals surface area contributed by atoms with Crippen LogP contribution in [0.3, 0.4) is 0 Å². The van der Waals surface area contributed by atoms with Crippen LogP contribution in [0.15, 0.2) is 36.4 Å². The Kier molecular flexibility index (Phi) is 8.04. The molecular weight excluding hydrogens is 419 g/mol. The molecule has 0 unspecified atom stereocenters. The smallest absolute Gasteiger partial charge is 0.416 e. The number of unbranched alkanes of at least 4 members (excludes halogenated alkanes) is 1. The van der Waals surface area contributed by atoms with E-state index in [0.29, 0.717) is 6.42 Å². The second kappa shape index (κ2) is 10.7. The Labute approximate surface area is 185 Å². The molecule has 0 aliphatic heterocycles. The van der Waals surface area contributed by atoms with Gasteiger partial charge < -0.3 is 5.11 Å². The highest BCUT2D eigenvalue weighted by molar-refractivity contribution is 5.80. The molecule has 1 aliphatic carbocycles. The second-order valence-electron chi connectivity index (χ2n) is 8.48. The van der Waals surface area contributed by atoms with E-state index in [4.69, 9.17) is 4.98 Å². The van der Waals surface area contributed by atoms with Crippen LogP contribution in [-0.4, -0.2) is 21.8 Å². The highest BCUT2D eigenvalue weighted by Gasteiger charge is 2.31. The fraction of sp³-hybridized carbons (Fsp3) is 0.480. The number of aliphatic carboxylic acids is 1. The molecule has 1 heterocycles. The summed E-state index contributed by atoms with van der Waals surface area (Å²) < 4.78 is 39.0. The van der Waals surface area contributed by atoms with Crippen LogP contribution in [0.1, 0.15) is 78.9 Å². The maximum atomic E-state index is 13.0. The highest BCUT2D eigenvalue weighted by Crippen LogP contribution is 2.33. The summed E-state index contributed by atoms with van der Waals surface area (Å²) >= 11 is 0. The van der Waals surface area contributed by atoms with Crippen LogP contribution in [0.2, 0.25) is 0 Å². The number of ketones is 1. The second-order valence-corrected chi connectivity index (χ2v) is 8.48. The fourth-order valence-electron chi connectivity index (χ4n) is 4.26. The van der Waals surface area contributed by atoms with Gasteiger partial charge in [0.2, 0.25) is 0 Å². The first-order chi connectivity index (χ1) is 15.2. The monoisotopic (exact) mass is 447 g/mol. The van der Waals surface area contributed by atoms with E-state index in [-0.39, 0.29) is 30.6 Å². The third-order valence-corrected chi connectivity index (χ3v) is 5.95. The summed E-state index contributed by atoms with van der Waals surface area (Å²) in [4.78, 5) is 28.4. The average Bonchev–Trinajstić information content (AvgIpc) is 2.75. The lowest BCUT2D eigenvalue weighted by Crippen LogP contribution is -2.13. The zero-order valence-corrected chi connectivity index (χ0v) is 18.0. The molecule has 7 heteroatoms. The number of benzene rings is 1. The predicted octanol–water partition coefficient (Wildman–Crippen LogP) is 5.91. The lowest BCUT2D eigenvalue weighted by molar-refractivity contribution is -0.138. The largest absolute Gasteiger partial charge is 0.481 e. The third-order valence-electron chi connectivity index (χ3n) is 5.95. The number of rotatable bonds is 10. The van der Waals surface area contributed by atoms with Crippen molar-refractivity contribution in [1.82, 2.24) is 4.98 Å². The Morgan fingerprint density at radius 2 is 1.81 bits per heavy atom. The first kappa shape index (κ1) is 24.0. The Balaban J connectivity index is 1.53. The number of pyridine rings is 1. The number of alkyl halides is 3. The Morgan fingerprint density at radius 1 is 1.03 bits per heavy atom. The number of fused-ring (bicyclic) bond motifs is 1. The molecule has 172 valence electrons. The molecule has 1 aromatic heterocycles. The van der Waals surface area contributed by atoms with Gasteiger partial charge in [0.15, 0.2) is 0 Å². The molecule has 0 amide bonds. The van der Waals surface area contributed by atoms with Gasteiger partial charge in [0, 0.05) is 30.1 Å². The molecule has 0 saturated heterocycles. The van der Waals surface area contributed by atoms with E-state index in [0.717, 1.165) is 43.5 Å². The number of carbonyl (C=O) groups is 2. The van der Waals surface area contributed by atoms with Gasteiger partial charge in [-0.1, -0.05) is 24.3 Å². The van der Waals surface area contributed by atoms with Crippen LogP contribution in [0.5, 0.6) is 0 Å². The highest BCUT2D eigenvalue weighted by atomic mass is 19.4. The number of carboxylic acids is 1. The van der Waals surface area contributed by atoms with Crippen molar-refractivity contribution in [3.63, 3.8) is 0 Å². The van der Waals surface area contributed by atoms with E-state index in [1.807, 2.05) is 6.07 Å². The molecule has 0 radical (unpaired) electrons. The summed E-state index contributed by atoms with van der Waals surface area (Å²) in [5.74, 6) is -2.05. The molecule has 1 atom stereocenters. The van der Waals surface area contributed by atoms with Crippen LogP contribution in [-0.2, 0) is 35.0 Å². The van der Waals surface area contributed by atoms with E-state index in [1.54, 1.807) is 0 Å². The van der Waals surface area contributed by atoms with Crippen LogP contribution in [0.25, 0.3) is 0 Å². The van der Waals surface area contributed by atoms with Crippen LogP contribution in [0, 0.1) is 0 Å². The van der Waals surface area contributed by atoms with Crippen molar-refractivity contribution in [2.24, 2.45) is 0 Å². The van der Waals surface area contributed by atoms with Crippen molar-refractivity contribution in [2.45, 2.75) is 76.3 Å². The molecule has 0 bridgehead atoms. The topological polar surface area (TPSA) is 67.3 Å². The molecule has 0 saturated carbocycles. The number of carbonyl (C=O) groups excluding carboxylic acids is 1. The maximum absolute atomic E-state index is 13.0. The van der Waals surface area contributed by atoms with Crippen LogP contribution in [0.4, 0.5) is 13.2 Å². The van der Waals surface area contributed by atoms with Gasteiger partial charge in [0.1, 0.15) is 5.78 Å². The van der Waals surface area contributed by atoms with E-state index in [1.165, 1.54) is 36.2 Å². The van der Waals surface area contributed by atoms with Crippen LogP contribution >= 0.6 is 0 Å². The van der Waals surface area contributed by atoms with Gasteiger partial charge in [-0.3, -0.25) is 14.6 Å². The van der Waals surface area contributed by atoms with Gasteiger partial charge in [0.25, 0.3) is 0 Å². The van der Waals surface area contributed by atoms with Crippen molar-refractivity contribution >= 4 is 11.8 Å². The lowest BCUT2D eigenvalue weighted by atomic mass is 9.88. The van der Waals surface area contributed by atoms with Crippen molar-refractivity contribution in [3.8, 4) is 0 Å². The Hall–Kier alpha value is -2.70. The molecule has 1 aromatic carbocycles. The minimum atomic E-state index is -4.52. The molecule has 4 nitrogen and oxygen atoms in total. The number of hydrogen-bond donors (Lipinski definition) is 1. The summed E-state index contributed by atoms with van der Waals surface area (Å²) in [5.41, 5.74) is 2.92. The first-order valence-corrected chi connectivity index (χ1v) is 11.1. The maximum Gasteiger partial charge on any atom is 0.416 e. The van der Waals surface area contributed by atoms with E-state index in [9.17, 15) is 27.9 Å². The SMILES string of the molecule is O=C(O)C[C@H](CC(=O)CCCCc1ccc2c(n1)CCCC2)c1cccc(C(F)(F)F)c1. The number of aromatic nitrogens is 1. The molecule has 1 N–H and O–H groups in total. The van der Waals surface area contributed by atoms with E-state index in [2.05, 4.69) is 6.07 Å². The fourth-order valence-corrected chi connectivity index (χ4v) is 4.26. The summed E-state index contributed by atoms with van der Waals surface area (Å²) in [7, 11) is 0. The third kappa shape index (κ3) is 6.90. The molecule has 0 fully saturated rings. The van der Waals surface area contributed by atoms with E-state index < -0.39 is 23.6 Å². The predicted molar refractivity (Wildman–Crippen MR) is 114 cm³/mol. The van der Waals surface area contributed by atoms with Crippen molar-refractivity contribution < 1.29 is 27.9 Å². The number of halogens is 3. The lowest BCUT2D eigenvalue weighted by Gasteiger charge is -2.17. The summed E-state index contributed by atoms with van der Waals surface area (Å²) in [6.45, 7) is 0. The quantitative estimate of drug-likeness (QED) is 0.460. The summed E-state index contributed by atoms with van der Waals surface area (Å²) in [6, 6.07) is 8.79. The number of carboxylic acid groups (broad SMARTS) is 1. The van der Waals surface area contributed by atoms with Gasteiger partial charge in [-0.2, -0.15) is 13.2 Å². The van der Waals surface area contributed by atoms with Crippen molar-refractivity contribution in [3.05, 3.63) is 64.5 Å². The average molecular weight is 447 g/mol. The van der Waals surface area contributed by atoms with Gasteiger partial charge in [0.05, 0.1) is 12.0 Å². The summed E-state index contributed by atoms with van der Waals surface area (Å²) in [6.07, 6.45) is 1.97. The van der Waals surface area contributed by atoms with Crippen molar-refractivity contribution in [1.29, 1.82) is 0 Å². The van der Waals surface area contributed by atoms with Crippen LogP contribution < -0.4 is 0 Å². The zero-order chi connectivity index (χ0) is 23.1. The number of aryl methyl sites for hydroxylation is 3. The summed E-state index contributed by atoms with van der Waals surface area (Å²) in [5, 5.41) is 9.17. The number of hydrogen-bond acceptors (Lipinski definition) is 3. The van der Waals surface area contributed by atoms with Crippen molar-refractivity contribution in [2.75, 3.05) is 0 Å². The Bertz CT molecular complexity index is 956. The van der Waals surface area contributed by atoms with E-state index >= 15 is 0 Å². The molecule has 32 heavy (non-hydrogen) atoms. The minimum absolute atomic E-state index is 0.0787. The van der Waals surface area contributed by atoms with Gasteiger partial charge in [-0.05, 0) is 68.2 Å². The van der Waals surface area contributed by atoms with Gasteiger partial charge in [-0.25, -0.2) is 0 Å². The first-order valence-electron chi connectivity index (χ1n) is 11.1. The zero-order valence-electron chi connectivity index (χ0n) is 18.0. The number of Topliss-reactive ketones (excluding diaryl/α,β-unsaturated/α-hetero) is 1. The molecular formula is C25H28F3NO3. The van der Waals surface area contributed by atoms with Gasteiger partial charge in [-0.15, -0.1) is 0 Å². The molecule has 3 rings (SSSR count). The normalized spacial score (nSPS) is 14.6. The standard InChI is InChI=1S/C25H28F3NO3/c26-25(27,28)20-8-5-7-18(14-20)19(16-24(31)32)15-22(30)10-3-2-9-21-13-12-17-6-1-4-11-23(17)29-21/h5,7-8,12-14,19H,1-4,6,9-11,15-16H2,(H,31,32)/t19-/m0/s1.